The van der Waals surface area contributed by atoms with Gasteiger partial charge < -0.3 is 19.9 Å². The monoisotopic (exact) mass is 362 g/mol. The molecule has 1 fully saturated rings. The highest BCUT2D eigenvalue weighted by Crippen LogP contribution is 2.27. The Morgan fingerprint density at radius 2 is 1.93 bits per heavy atom. The van der Waals surface area contributed by atoms with Gasteiger partial charge in [-0.15, -0.1) is 0 Å². The minimum Gasteiger partial charge on any atom is -0.369 e. The lowest BCUT2D eigenvalue weighted by molar-refractivity contribution is 0.589. The van der Waals surface area contributed by atoms with E-state index in [0.29, 0.717) is 0 Å². The van der Waals surface area contributed by atoms with Gasteiger partial charge in [0.2, 0.25) is 0 Å². The lowest BCUT2D eigenvalue weighted by Crippen LogP contribution is -2.43. The van der Waals surface area contributed by atoms with Crippen molar-refractivity contribution in [3.63, 3.8) is 0 Å². The molecule has 4 heterocycles. The fourth-order valence-electron chi connectivity index (χ4n) is 3.68. The van der Waals surface area contributed by atoms with Crippen LogP contribution in [-0.4, -0.2) is 50.7 Å². The molecule has 8 nitrogen and oxygen atoms in total. The molecule has 1 aliphatic rings. The van der Waals surface area contributed by atoms with Crippen LogP contribution >= 0.6 is 0 Å². The lowest BCUT2D eigenvalue weighted by atomic mass is 10.2. The Balaban J connectivity index is 1.46. The lowest BCUT2D eigenvalue weighted by Gasteiger charge is -2.29. The molecule has 3 N–H and O–H groups in total. The molecule has 0 bridgehead atoms. The summed E-state index contributed by atoms with van der Waals surface area (Å²) in [5, 5.41) is 15.4. The Labute approximate surface area is 156 Å². The number of aryl methyl sites for hydroxylation is 2. The smallest absolute Gasteiger partial charge is 0.161 e. The molecule has 0 aliphatic carbocycles. The molecular formula is C19H22N8. The van der Waals surface area contributed by atoms with E-state index in [9.17, 15) is 0 Å². The summed E-state index contributed by atoms with van der Waals surface area (Å²) >= 11 is 0. The van der Waals surface area contributed by atoms with E-state index < -0.39 is 0 Å². The fraction of sp³-hybridized carbons (Fsp3) is 0.316. The average molecular weight is 362 g/mol. The number of piperazine rings is 1. The van der Waals surface area contributed by atoms with Crippen molar-refractivity contribution < 1.29 is 0 Å². The van der Waals surface area contributed by atoms with Crippen LogP contribution in [0.5, 0.6) is 0 Å². The summed E-state index contributed by atoms with van der Waals surface area (Å²) in [7, 11) is 0. The maximum absolute atomic E-state index is 4.62. The molecule has 1 aliphatic heterocycles. The summed E-state index contributed by atoms with van der Waals surface area (Å²) in [6.45, 7) is 8.05. The van der Waals surface area contributed by atoms with E-state index in [1.54, 1.807) is 0 Å². The van der Waals surface area contributed by atoms with E-state index in [1.807, 2.05) is 30.6 Å². The van der Waals surface area contributed by atoms with Crippen LogP contribution in [0.1, 0.15) is 11.4 Å². The van der Waals surface area contributed by atoms with Crippen LogP contribution in [0.25, 0.3) is 16.6 Å². The third-order valence-corrected chi connectivity index (χ3v) is 5.00. The molecule has 27 heavy (non-hydrogen) atoms. The third kappa shape index (κ3) is 2.87. The molecule has 3 aromatic heterocycles. The molecule has 0 amide bonds. The zero-order chi connectivity index (χ0) is 18.4. The van der Waals surface area contributed by atoms with Gasteiger partial charge >= 0.3 is 0 Å². The second kappa shape index (κ2) is 6.24. The van der Waals surface area contributed by atoms with Crippen molar-refractivity contribution >= 4 is 33.9 Å². The van der Waals surface area contributed by atoms with E-state index in [2.05, 4.69) is 53.9 Å². The van der Waals surface area contributed by atoms with E-state index in [0.717, 1.165) is 65.8 Å². The molecule has 0 atom stereocenters. The highest BCUT2D eigenvalue weighted by Gasteiger charge is 2.14. The van der Waals surface area contributed by atoms with Gasteiger partial charge in [-0.3, -0.25) is 5.10 Å². The first kappa shape index (κ1) is 16.1. The van der Waals surface area contributed by atoms with Crippen LogP contribution in [0.4, 0.5) is 17.3 Å². The van der Waals surface area contributed by atoms with Crippen molar-refractivity contribution in [3.05, 3.63) is 42.0 Å². The number of H-pyrrole nitrogens is 1. The minimum absolute atomic E-state index is 0.747. The van der Waals surface area contributed by atoms with Crippen molar-refractivity contribution in [2.24, 2.45) is 0 Å². The first-order valence-corrected chi connectivity index (χ1v) is 9.21. The number of fused-ring (bicyclic) bond motifs is 2. The van der Waals surface area contributed by atoms with Crippen LogP contribution in [0, 0.1) is 13.8 Å². The van der Waals surface area contributed by atoms with Gasteiger partial charge in [-0.25, -0.2) is 9.97 Å². The number of rotatable bonds is 3. The summed E-state index contributed by atoms with van der Waals surface area (Å²) in [5.41, 5.74) is 4.98. The molecule has 8 heteroatoms. The predicted octanol–water partition coefficient (Wildman–Crippen LogP) is 2.38. The van der Waals surface area contributed by atoms with Gasteiger partial charge in [0, 0.05) is 43.4 Å². The number of imidazole rings is 1. The largest absolute Gasteiger partial charge is 0.369 e. The van der Waals surface area contributed by atoms with Crippen LogP contribution in [-0.2, 0) is 0 Å². The number of anilines is 3. The zero-order valence-electron chi connectivity index (χ0n) is 15.5. The Kier molecular flexibility index (Phi) is 3.71. The summed E-state index contributed by atoms with van der Waals surface area (Å²) < 4.78 is 2.00. The van der Waals surface area contributed by atoms with Gasteiger partial charge in [-0.05, 0) is 32.0 Å². The van der Waals surface area contributed by atoms with Crippen molar-refractivity contribution in [2.45, 2.75) is 13.8 Å². The molecule has 0 unspecified atom stereocenters. The Morgan fingerprint density at radius 3 is 2.78 bits per heavy atom. The average Bonchev–Trinajstić information content (AvgIpc) is 3.25. The molecule has 138 valence electrons. The van der Waals surface area contributed by atoms with Crippen molar-refractivity contribution in [2.75, 3.05) is 36.4 Å². The van der Waals surface area contributed by atoms with E-state index in [1.165, 1.54) is 5.69 Å². The molecule has 5 rings (SSSR count). The van der Waals surface area contributed by atoms with Crippen molar-refractivity contribution in [1.82, 2.24) is 29.9 Å². The molecule has 0 radical (unpaired) electrons. The Morgan fingerprint density at radius 1 is 1.07 bits per heavy atom. The van der Waals surface area contributed by atoms with Gasteiger partial charge in [0.05, 0.1) is 23.1 Å². The fourth-order valence-corrected chi connectivity index (χ4v) is 3.68. The van der Waals surface area contributed by atoms with Gasteiger partial charge in [-0.2, -0.15) is 5.10 Å². The van der Waals surface area contributed by atoms with E-state index in [-0.39, 0.29) is 0 Å². The van der Waals surface area contributed by atoms with Gasteiger partial charge in [-0.1, -0.05) is 0 Å². The third-order valence-electron chi connectivity index (χ3n) is 5.00. The number of hydrogen-bond acceptors (Lipinski definition) is 6. The second-order valence-electron chi connectivity index (χ2n) is 6.99. The Hall–Kier alpha value is -3.13. The first-order chi connectivity index (χ1) is 13.2. The van der Waals surface area contributed by atoms with Gasteiger partial charge in [0.1, 0.15) is 5.82 Å². The maximum Gasteiger partial charge on any atom is 0.161 e. The molecule has 0 spiro atoms. The highest BCUT2D eigenvalue weighted by molar-refractivity contribution is 5.93. The predicted molar refractivity (Wildman–Crippen MR) is 107 cm³/mol. The van der Waals surface area contributed by atoms with Crippen LogP contribution in [0.15, 0.2) is 30.6 Å². The quantitative estimate of drug-likeness (QED) is 0.519. The summed E-state index contributed by atoms with van der Waals surface area (Å²) in [5.74, 6) is 1.52. The number of nitrogens with zero attached hydrogens (tertiary/aromatic N) is 5. The number of hydrogen-bond donors (Lipinski definition) is 3. The maximum atomic E-state index is 4.62. The number of aromatic nitrogens is 5. The molecule has 1 saturated heterocycles. The van der Waals surface area contributed by atoms with Crippen LogP contribution in [0.2, 0.25) is 0 Å². The van der Waals surface area contributed by atoms with Crippen LogP contribution < -0.4 is 15.5 Å². The van der Waals surface area contributed by atoms with Gasteiger partial charge in [0.15, 0.2) is 11.5 Å². The summed E-state index contributed by atoms with van der Waals surface area (Å²) in [6, 6.07) is 6.45. The number of benzene rings is 1. The standard InChI is InChI=1S/C19H22N8/c1-12-10-27-11-17(22-13(2)19(27)21-12)23-18-15-4-3-14(9-16(15)24-25-18)26-7-5-20-6-8-26/h3-4,9-11,20H,5-8H2,1-2H3,(H2,23,24,25). The minimum atomic E-state index is 0.747. The molecule has 0 saturated carbocycles. The van der Waals surface area contributed by atoms with Crippen molar-refractivity contribution in [1.29, 1.82) is 0 Å². The Bertz CT molecular complexity index is 1120. The second-order valence-corrected chi connectivity index (χ2v) is 6.99. The highest BCUT2D eigenvalue weighted by atomic mass is 15.2. The van der Waals surface area contributed by atoms with Crippen molar-refractivity contribution in [3.8, 4) is 0 Å². The topological polar surface area (TPSA) is 86.2 Å². The molecule has 4 aromatic rings. The SMILES string of the molecule is Cc1cn2cc(Nc3n[nH]c4cc(N5CCNCC5)ccc34)nc(C)c2n1. The van der Waals surface area contributed by atoms with E-state index >= 15 is 0 Å². The zero-order valence-corrected chi connectivity index (χ0v) is 15.5. The number of nitrogens with one attached hydrogen (secondary N) is 3. The summed E-state index contributed by atoms with van der Waals surface area (Å²) in [6.07, 6.45) is 3.94. The summed E-state index contributed by atoms with van der Waals surface area (Å²) in [4.78, 5) is 11.5. The van der Waals surface area contributed by atoms with Crippen LogP contribution in [0.3, 0.4) is 0 Å². The molecular weight excluding hydrogens is 340 g/mol. The van der Waals surface area contributed by atoms with E-state index in [4.69, 9.17) is 0 Å². The normalized spacial score (nSPS) is 15.0. The van der Waals surface area contributed by atoms with Gasteiger partial charge in [0.25, 0.3) is 0 Å². The number of aromatic amines is 1. The first-order valence-electron chi connectivity index (χ1n) is 9.21. The molecule has 1 aromatic carbocycles.